The molecular weight excluding hydrogens is 242 g/mol. The predicted molar refractivity (Wildman–Crippen MR) is 73.2 cm³/mol. The maximum absolute atomic E-state index is 12.1. The fourth-order valence-corrected chi connectivity index (χ4v) is 2.57. The third-order valence-electron chi connectivity index (χ3n) is 3.69. The second kappa shape index (κ2) is 6.35. The highest BCUT2D eigenvalue weighted by Gasteiger charge is 2.39. The molecular formula is C15H23NO3. The van der Waals surface area contributed by atoms with Crippen LogP contribution >= 0.6 is 0 Å². The van der Waals surface area contributed by atoms with Crippen molar-refractivity contribution in [2.75, 3.05) is 13.7 Å². The normalized spacial score (nSPS) is 30.2. The average molecular weight is 265 g/mol. The topological polar surface area (TPSA) is 47.6 Å². The van der Waals surface area contributed by atoms with Gasteiger partial charge < -0.3 is 4.74 Å². The van der Waals surface area contributed by atoms with Gasteiger partial charge in [-0.25, -0.2) is 5.48 Å². The molecule has 0 saturated heterocycles. The number of rotatable bonds is 5. The van der Waals surface area contributed by atoms with E-state index >= 15 is 0 Å². The molecule has 0 heterocycles. The van der Waals surface area contributed by atoms with Crippen molar-refractivity contribution in [3.63, 3.8) is 0 Å². The van der Waals surface area contributed by atoms with Crippen molar-refractivity contribution in [3.8, 4) is 0 Å². The van der Waals surface area contributed by atoms with E-state index in [0.29, 0.717) is 18.3 Å². The van der Waals surface area contributed by atoms with Crippen molar-refractivity contribution in [1.82, 2.24) is 5.48 Å². The Balaban J connectivity index is 2.03. The van der Waals surface area contributed by atoms with Crippen LogP contribution in [0.2, 0.25) is 0 Å². The van der Waals surface area contributed by atoms with Crippen molar-refractivity contribution in [2.45, 2.75) is 32.8 Å². The number of hydrogen-bond acceptors (Lipinski definition) is 4. The van der Waals surface area contributed by atoms with Crippen LogP contribution < -0.4 is 5.48 Å². The van der Waals surface area contributed by atoms with E-state index in [2.05, 4.69) is 25.4 Å². The molecule has 2 rings (SSSR count). The lowest BCUT2D eigenvalue weighted by atomic mass is 9.74. The molecule has 4 nitrogen and oxygen atoms in total. The molecule has 0 aromatic heterocycles. The van der Waals surface area contributed by atoms with Crippen LogP contribution in [0, 0.1) is 17.8 Å². The Morgan fingerprint density at radius 2 is 2.26 bits per heavy atom. The molecule has 0 amide bonds. The molecule has 1 N–H and O–H groups in total. The fourth-order valence-electron chi connectivity index (χ4n) is 2.57. The van der Waals surface area contributed by atoms with Crippen molar-refractivity contribution >= 4 is 5.78 Å². The summed E-state index contributed by atoms with van der Waals surface area (Å²) in [5, 5.41) is 0. The third-order valence-corrected chi connectivity index (χ3v) is 3.69. The van der Waals surface area contributed by atoms with E-state index < -0.39 is 6.10 Å². The minimum atomic E-state index is -0.396. The number of carbonyl (C=O) groups excluding carboxylic acids is 1. The maximum atomic E-state index is 12.1. The van der Waals surface area contributed by atoms with E-state index in [9.17, 15) is 4.79 Å². The fraction of sp³-hybridized carbons (Fsp3) is 0.667. The lowest BCUT2D eigenvalue weighted by Crippen LogP contribution is -2.44. The molecule has 0 aliphatic heterocycles. The van der Waals surface area contributed by atoms with E-state index in [4.69, 9.17) is 9.57 Å². The third kappa shape index (κ3) is 3.45. The second-order valence-electron chi connectivity index (χ2n) is 5.66. The molecule has 1 saturated carbocycles. The molecule has 0 spiro atoms. The number of nitrogens with one attached hydrogen (secondary N) is 1. The summed E-state index contributed by atoms with van der Waals surface area (Å²) in [5.74, 6) is 1.95. The summed E-state index contributed by atoms with van der Waals surface area (Å²) in [6, 6.07) is 0. The molecule has 2 aliphatic rings. The smallest absolute Gasteiger partial charge is 0.164 e. The molecule has 19 heavy (non-hydrogen) atoms. The van der Waals surface area contributed by atoms with Crippen molar-refractivity contribution in [2.24, 2.45) is 17.8 Å². The number of carbonyl (C=O) groups is 1. The summed E-state index contributed by atoms with van der Waals surface area (Å²) in [6.07, 6.45) is 7.23. The van der Waals surface area contributed by atoms with Crippen LogP contribution in [0.1, 0.15) is 26.7 Å². The zero-order valence-corrected chi connectivity index (χ0v) is 11.9. The average Bonchev–Trinajstić information content (AvgIpc) is 2.40. The summed E-state index contributed by atoms with van der Waals surface area (Å²) in [7, 11) is 1.65. The van der Waals surface area contributed by atoms with Gasteiger partial charge in [-0.2, -0.15) is 0 Å². The number of methoxy groups -OCH3 is 1. The Kier molecular flexibility index (Phi) is 4.77. The van der Waals surface area contributed by atoms with Gasteiger partial charge >= 0.3 is 0 Å². The number of Topliss-reactive ketones (excluding diaryl/α,β-unsaturated/α-hetero) is 1. The van der Waals surface area contributed by atoms with Gasteiger partial charge in [0.1, 0.15) is 11.9 Å². The minimum Gasteiger partial charge on any atom is -0.497 e. The molecule has 4 heteroatoms. The molecule has 3 atom stereocenters. The van der Waals surface area contributed by atoms with Crippen molar-refractivity contribution in [1.29, 1.82) is 0 Å². The Morgan fingerprint density at radius 1 is 1.47 bits per heavy atom. The van der Waals surface area contributed by atoms with Gasteiger partial charge in [-0.3, -0.25) is 9.63 Å². The van der Waals surface area contributed by atoms with Crippen LogP contribution in [0.25, 0.3) is 0 Å². The maximum Gasteiger partial charge on any atom is 0.164 e. The Morgan fingerprint density at radius 3 is 2.95 bits per heavy atom. The molecule has 0 aromatic carbocycles. The van der Waals surface area contributed by atoms with E-state index in [0.717, 1.165) is 18.7 Å². The van der Waals surface area contributed by atoms with Crippen LogP contribution in [0.3, 0.4) is 0 Å². The second-order valence-corrected chi connectivity index (χ2v) is 5.66. The molecule has 0 bridgehead atoms. The highest BCUT2D eigenvalue weighted by atomic mass is 16.7. The van der Waals surface area contributed by atoms with Crippen LogP contribution in [-0.2, 0) is 14.4 Å². The van der Waals surface area contributed by atoms with Gasteiger partial charge in [-0.05, 0) is 30.4 Å². The Labute approximate surface area is 114 Å². The van der Waals surface area contributed by atoms with Crippen LogP contribution in [0.5, 0.6) is 0 Å². The summed E-state index contributed by atoms with van der Waals surface area (Å²) < 4.78 is 5.25. The molecule has 3 unspecified atom stereocenters. The molecule has 2 aliphatic carbocycles. The minimum absolute atomic E-state index is 0.0841. The van der Waals surface area contributed by atoms with E-state index in [1.165, 1.54) is 0 Å². The number of hydrogen-bond donors (Lipinski definition) is 1. The monoisotopic (exact) mass is 265 g/mol. The van der Waals surface area contributed by atoms with Gasteiger partial charge in [0.25, 0.3) is 0 Å². The van der Waals surface area contributed by atoms with Gasteiger partial charge in [0.15, 0.2) is 5.78 Å². The summed E-state index contributed by atoms with van der Waals surface area (Å²) in [4.78, 5) is 17.7. The van der Waals surface area contributed by atoms with E-state index in [1.54, 1.807) is 7.11 Å². The standard InChI is InChI=1S/C15H23NO3/c1-10(2)9-16-19-15-13-8-12(18-3)6-4-11(13)5-7-14(15)17/h4,6,8,10-11,13,15-16H,5,7,9H2,1-3H3. The quantitative estimate of drug-likeness (QED) is 0.774. The van der Waals surface area contributed by atoms with Gasteiger partial charge in [0.2, 0.25) is 0 Å². The Bertz CT molecular complexity index is 387. The molecule has 0 aromatic rings. The first kappa shape index (κ1) is 14.3. The number of allylic oxidation sites excluding steroid dienone is 2. The van der Waals surface area contributed by atoms with Crippen molar-refractivity contribution in [3.05, 3.63) is 24.0 Å². The van der Waals surface area contributed by atoms with E-state index in [-0.39, 0.29) is 11.7 Å². The predicted octanol–water partition coefficient (Wildman–Crippen LogP) is 2.23. The van der Waals surface area contributed by atoms with Gasteiger partial charge in [0.05, 0.1) is 7.11 Å². The lowest BCUT2D eigenvalue weighted by molar-refractivity contribution is -0.145. The van der Waals surface area contributed by atoms with Crippen LogP contribution in [0.15, 0.2) is 24.0 Å². The SMILES string of the molecule is COC1=CC2C(C=C1)CCC(=O)C2ONCC(C)C. The zero-order chi connectivity index (χ0) is 13.8. The van der Waals surface area contributed by atoms with Crippen molar-refractivity contribution < 1.29 is 14.4 Å². The van der Waals surface area contributed by atoms with E-state index in [1.807, 2.05) is 12.2 Å². The van der Waals surface area contributed by atoms with Crippen LogP contribution in [0.4, 0.5) is 0 Å². The van der Waals surface area contributed by atoms with Crippen LogP contribution in [-0.4, -0.2) is 25.5 Å². The lowest BCUT2D eigenvalue weighted by Gasteiger charge is -2.35. The molecule has 0 radical (unpaired) electrons. The molecule has 106 valence electrons. The first-order valence-electron chi connectivity index (χ1n) is 6.97. The summed E-state index contributed by atoms with van der Waals surface area (Å²) in [6.45, 7) is 4.96. The van der Waals surface area contributed by atoms with Gasteiger partial charge in [-0.1, -0.05) is 19.9 Å². The highest BCUT2D eigenvalue weighted by molar-refractivity contribution is 5.84. The Hall–Kier alpha value is -1.13. The number of fused-ring (bicyclic) bond motifs is 1. The number of hydroxylamine groups is 1. The molecule has 1 fully saturated rings. The summed E-state index contributed by atoms with van der Waals surface area (Å²) >= 11 is 0. The zero-order valence-electron chi connectivity index (χ0n) is 11.9. The first-order valence-corrected chi connectivity index (χ1v) is 6.97. The number of ketones is 1. The summed E-state index contributed by atoms with van der Waals surface area (Å²) in [5.41, 5.74) is 2.94. The van der Waals surface area contributed by atoms with Gasteiger partial charge in [-0.15, -0.1) is 0 Å². The first-order chi connectivity index (χ1) is 9.11. The largest absolute Gasteiger partial charge is 0.497 e. The highest BCUT2D eigenvalue weighted by Crippen LogP contribution is 2.35. The van der Waals surface area contributed by atoms with Gasteiger partial charge in [0, 0.05) is 18.9 Å². The number of ether oxygens (including phenoxy) is 1.